The number of nitrogens with zero attached hydrogens (tertiary/aromatic N) is 2. The molecule has 1 aromatic carbocycles. The first-order valence-corrected chi connectivity index (χ1v) is 7.19. The zero-order chi connectivity index (χ0) is 14.4. The zero-order valence-electron chi connectivity index (χ0n) is 12.1. The van der Waals surface area contributed by atoms with Gasteiger partial charge >= 0.3 is 0 Å². The minimum atomic E-state index is -0.890. The van der Waals surface area contributed by atoms with Crippen LogP contribution in [0.3, 0.4) is 0 Å². The molecule has 1 aromatic rings. The molecule has 1 heterocycles. The highest BCUT2D eigenvalue weighted by Crippen LogP contribution is 2.23. The van der Waals surface area contributed by atoms with Crippen molar-refractivity contribution in [3.63, 3.8) is 0 Å². The molecule has 4 heteroatoms. The molecule has 1 unspecified atom stereocenters. The average Bonchev–Trinajstić information content (AvgIpc) is 2.54. The van der Waals surface area contributed by atoms with Gasteiger partial charge in [-0.2, -0.15) is 5.26 Å². The zero-order valence-corrected chi connectivity index (χ0v) is 12.1. The molecule has 0 amide bonds. The van der Waals surface area contributed by atoms with Gasteiger partial charge in [0, 0.05) is 26.7 Å². The van der Waals surface area contributed by atoms with Crippen LogP contribution in [0.15, 0.2) is 30.3 Å². The molecule has 0 aromatic heterocycles. The van der Waals surface area contributed by atoms with E-state index < -0.39 is 5.54 Å². The lowest BCUT2D eigenvalue weighted by molar-refractivity contribution is 0.0397. The second-order valence-electron chi connectivity index (χ2n) is 5.48. The molecule has 0 spiro atoms. The van der Waals surface area contributed by atoms with Crippen LogP contribution in [0, 0.1) is 11.3 Å². The predicted octanol–water partition coefficient (Wildman–Crippen LogP) is 1.87. The summed E-state index contributed by atoms with van der Waals surface area (Å²) in [4.78, 5) is 2.37. The first-order valence-electron chi connectivity index (χ1n) is 7.19. The van der Waals surface area contributed by atoms with Gasteiger partial charge in [0.2, 0.25) is 0 Å². The molecule has 1 fully saturated rings. The van der Waals surface area contributed by atoms with Crippen molar-refractivity contribution in [3.8, 4) is 6.07 Å². The summed E-state index contributed by atoms with van der Waals surface area (Å²) >= 11 is 0. The van der Waals surface area contributed by atoms with Gasteiger partial charge in [-0.1, -0.05) is 30.3 Å². The van der Waals surface area contributed by atoms with Crippen LogP contribution in [-0.4, -0.2) is 37.7 Å². The molecule has 1 saturated heterocycles. The number of piperidine rings is 1. The van der Waals surface area contributed by atoms with Crippen LogP contribution >= 0.6 is 0 Å². The summed E-state index contributed by atoms with van der Waals surface area (Å²) < 4.78 is 5.37. The molecular weight excluding hydrogens is 250 g/mol. The minimum Gasteiger partial charge on any atom is -0.381 e. The summed E-state index contributed by atoms with van der Waals surface area (Å²) in [5.74, 6) is 0. The highest BCUT2D eigenvalue weighted by molar-refractivity contribution is 5.30. The maximum absolute atomic E-state index is 9.43. The summed E-state index contributed by atoms with van der Waals surface area (Å²) in [7, 11) is 1.77. The van der Waals surface area contributed by atoms with Gasteiger partial charge in [-0.05, 0) is 24.8 Å². The van der Waals surface area contributed by atoms with Crippen molar-refractivity contribution < 1.29 is 4.74 Å². The van der Waals surface area contributed by atoms with Crippen LogP contribution in [0.4, 0.5) is 0 Å². The first-order chi connectivity index (χ1) is 9.68. The molecule has 1 atom stereocenters. The molecule has 1 aliphatic rings. The Kier molecular flexibility index (Phi) is 5.13. The van der Waals surface area contributed by atoms with Gasteiger partial charge in [-0.3, -0.25) is 0 Å². The summed E-state index contributed by atoms with van der Waals surface area (Å²) in [6.45, 7) is 2.90. The maximum atomic E-state index is 9.43. The largest absolute Gasteiger partial charge is 0.381 e. The molecule has 2 N–H and O–H groups in total. The van der Waals surface area contributed by atoms with Crippen molar-refractivity contribution in [2.45, 2.75) is 30.9 Å². The van der Waals surface area contributed by atoms with Crippen molar-refractivity contribution in [2.24, 2.45) is 5.73 Å². The van der Waals surface area contributed by atoms with Crippen molar-refractivity contribution in [3.05, 3.63) is 35.9 Å². The van der Waals surface area contributed by atoms with Crippen molar-refractivity contribution in [1.82, 2.24) is 4.90 Å². The lowest BCUT2D eigenvalue weighted by Crippen LogP contribution is -2.42. The van der Waals surface area contributed by atoms with Gasteiger partial charge in [0.05, 0.1) is 12.2 Å². The summed E-state index contributed by atoms with van der Waals surface area (Å²) in [6.07, 6.45) is 3.17. The number of hydrogen-bond acceptors (Lipinski definition) is 4. The Morgan fingerprint density at radius 2 is 2.00 bits per heavy atom. The Bertz CT molecular complexity index is 449. The van der Waals surface area contributed by atoms with Gasteiger partial charge in [-0.15, -0.1) is 0 Å². The lowest BCUT2D eigenvalue weighted by Gasteiger charge is -2.33. The molecule has 0 bridgehead atoms. The monoisotopic (exact) mass is 273 g/mol. The summed E-state index contributed by atoms with van der Waals surface area (Å²) in [5, 5.41) is 9.43. The number of hydrogen-bond donors (Lipinski definition) is 1. The molecule has 2 rings (SSSR count). The predicted molar refractivity (Wildman–Crippen MR) is 79.0 cm³/mol. The van der Waals surface area contributed by atoms with E-state index >= 15 is 0 Å². The van der Waals surface area contributed by atoms with E-state index in [1.165, 1.54) is 0 Å². The Labute approximate surface area is 121 Å². The van der Waals surface area contributed by atoms with E-state index in [4.69, 9.17) is 10.5 Å². The molecule has 1 aliphatic heterocycles. The van der Waals surface area contributed by atoms with Gasteiger partial charge in [0.1, 0.15) is 5.54 Å². The fourth-order valence-electron chi connectivity index (χ4n) is 2.70. The van der Waals surface area contributed by atoms with Crippen LogP contribution in [-0.2, 0) is 10.3 Å². The van der Waals surface area contributed by atoms with E-state index in [0.717, 1.165) is 38.0 Å². The van der Waals surface area contributed by atoms with E-state index in [-0.39, 0.29) is 0 Å². The SMILES string of the molecule is COC1CCN(CCC(N)(C#N)c2ccccc2)CC1. The normalized spacial score (nSPS) is 20.2. The number of likely N-dealkylation sites (tertiary alicyclic amines) is 1. The van der Waals surface area contributed by atoms with E-state index in [1.807, 2.05) is 30.3 Å². The van der Waals surface area contributed by atoms with Gasteiger partial charge < -0.3 is 15.4 Å². The maximum Gasteiger partial charge on any atom is 0.131 e. The Morgan fingerprint density at radius 1 is 1.35 bits per heavy atom. The summed E-state index contributed by atoms with van der Waals surface area (Å²) in [5.41, 5.74) is 6.28. The van der Waals surface area contributed by atoms with Crippen molar-refractivity contribution in [2.75, 3.05) is 26.7 Å². The van der Waals surface area contributed by atoms with Crippen LogP contribution in [0.2, 0.25) is 0 Å². The van der Waals surface area contributed by atoms with E-state index in [0.29, 0.717) is 12.5 Å². The number of nitriles is 1. The molecule has 20 heavy (non-hydrogen) atoms. The smallest absolute Gasteiger partial charge is 0.131 e. The fourth-order valence-corrected chi connectivity index (χ4v) is 2.70. The number of methoxy groups -OCH3 is 1. The third-order valence-corrected chi connectivity index (χ3v) is 4.18. The number of rotatable bonds is 5. The summed E-state index contributed by atoms with van der Waals surface area (Å²) in [6, 6.07) is 11.9. The topological polar surface area (TPSA) is 62.3 Å². The fraction of sp³-hybridized carbons (Fsp3) is 0.562. The van der Waals surface area contributed by atoms with Crippen molar-refractivity contribution in [1.29, 1.82) is 5.26 Å². The highest BCUT2D eigenvalue weighted by atomic mass is 16.5. The number of ether oxygens (including phenoxy) is 1. The lowest BCUT2D eigenvalue weighted by atomic mass is 9.89. The molecule has 0 saturated carbocycles. The van der Waals surface area contributed by atoms with E-state index in [2.05, 4.69) is 11.0 Å². The van der Waals surface area contributed by atoms with Gasteiger partial charge in [-0.25, -0.2) is 0 Å². The molecule has 0 radical (unpaired) electrons. The van der Waals surface area contributed by atoms with Gasteiger partial charge in [0.15, 0.2) is 0 Å². The molecular formula is C16H23N3O. The van der Waals surface area contributed by atoms with Crippen molar-refractivity contribution >= 4 is 0 Å². The Balaban J connectivity index is 1.90. The Morgan fingerprint density at radius 3 is 2.55 bits per heavy atom. The molecule has 108 valence electrons. The average molecular weight is 273 g/mol. The van der Waals surface area contributed by atoms with Gasteiger partial charge in [0.25, 0.3) is 0 Å². The standard InChI is InChI=1S/C16H23N3O/c1-20-15-7-10-19(11-8-15)12-9-16(18,13-17)14-5-3-2-4-6-14/h2-6,15H,7-12,18H2,1H3. The van der Waals surface area contributed by atoms with Crippen LogP contribution in [0.25, 0.3) is 0 Å². The third kappa shape index (κ3) is 3.57. The molecule has 0 aliphatic carbocycles. The second kappa shape index (κ2) is 6.85. The van der Waals surface area contributed by atoms with Crippen LogP contribution < -0.4 is 5.73 Å². The van der Waals surface area contributed by atoms with Crippen LogP contribution in [0.5, 0.6) is 0 Å². The molecule has 4 nitrogen and oxygen atoms in total. The Hall–Kier alpha value is -1.41. The minimum absolute atomic E-state index is 0.388. The number of benzene rings is 1. The van der Waals surface area contributed by atoms with Crippen LogP contribution in [0.1, 0.15) is 24.8 Å². The second-order valence-corrected chi connectivity index (χ2v) is 5.48. The quantitative estimate of drug-likeness (QED) is 0.889. The number of nitrogens with two attached hydrogens (primary N) is 1. The van der Waals surface area contributed by atoms with E-state index in [1.54, 1.807) is 7.11 Å². The first kappa shape index (κ1) is 15.0. The third-order valence-electron chi connectivity index (χ3n) is 4.18. The van der Waals surface area contributed by atoms with E-state index in [9.17, 15) is 5.26 Å². The highest BCUT2D eigenvalue weighted by Gasteiger charge is 2.28.